The maximum atomic E-state index is 10.6. The van der Waals surface area contributed by atoms with E-state index in [9.17, 15) is 24.6 Å². The Morgan fingerprint density at radius 1 is 0.533 bits per heavy atom. The van der Waals surface area contributed by atoms with Crippen LogP contribution in [0.4, 0.5) is 0 Å². The third kappa shape index (κ3) is 42.5. The molecule has 30 heavy (non-hydrogen) atoms. The van der Waals surface area contributed by atoms with Gasteiger partial charge >= 0.3 is 59.1 Å². The van der Waals surface area contributed by atoms with Crippen molar-refractivity contribution in [2.45, 2.75) is 122 Å². The van der Waals surface area contributed by atoms with Crippen LogP contribution in [0.1, 0.15) is 122 Å². The van der Waals surface area contributed by atoms with Crippen molar-refractivity contribution in [3.63, 3.8) is 0 Å². The van der Waals surface area contributed by atoms with Crippen molar-refractivity contribution in [2.24, 2.45) is 5.73 Å². The minimum atomic E-state index is -1.37. The van der Waals surface area contributed by atoms with Crippen molar-refractivity contribution in [1.82, 2.24) is 0 Å². The summed E-state index contributed by atoms with van der Waals surface area (Å²) in [5, 5.41) is 19.0. The molecule has 0 aliphatic carbocycles. The van der Waals surface area contributed by atoms with Gasteiger partial charge in [0, 0.05) is 18.4 Å². The Morgan fingerprint density at radius 2 is 0.800 bits per heavy atom. The number of aliphatic carboxylic acids is 2. The number of carboxylic acid groups (broad SMARTS) is 2. The van der Waals surface area contributed by atoms with Crippen LogP contribution in [0, 0.1) is 0 Å². The molecule has 0 aliphatic heterocycles. The molecule has 0 fully saturated rings. The quantitative estimate of drug-likeness (QED) is 0.168. The monoisotopic (exact) mass is 445 g/mol. The van der Waals surface area contributed by atoms with Crippen molar-refractivity contribution in [3.05, 3.63) is 0 Å². The van der Waals surface area contributed by atoms with Crippen molar-refractivity contribution < 1.29 is 83.7 Å². The Morgan fingerprint density at radius 3 is 1.03 bits per heavy atom. The molecule has 0 aromatic heterocycles. The molecule has 0 atom stereocenters. The molecule has 0 rings (SSSR count). The smallest absolute Gasteiger partial charge is 0.550 e. The second-order valence-corrected chi connectivity index (χ2v) is 7.41. The van der Waals surface area contributed by atoms with Crippen LogP contribution in [-0.4, -0.2) is 17.8 Å². The van der Waals surface area contributed by atoms with E-state index in [1.807, 2.05) is 0 Å². The van der Waals surface area contributed by atoms with Gasteiger partial charge in [0.15, 0.2) is 0 Å². The van der Waals surface area contributed by atoms with Gasteiger partial charge in [0.05, 0.1) is 0 Å². The summed E-state index contributed by atoms with van der Waals surface area (Å²) in [6.45, 7) is 2.28. The Kier molecular flexibility index (Phi) is 39.7. The van der Waals surface area contributed by atoms with Crippen LogP contribution >= 0.6 is 0 Å². The summed E-state index contributed by atoms with van der Waals surface area (Å²) in [5.41, 5.74) is 5.11. The van der Waals surface area contributed by atoms with E-state index in [4.69, 9.17) is 5.73 Å². The molecule has 0 aromatic rings. The van der Waals surface area contributed by atoms with E-state index in [2.05, 4.69) is 6.92 Å². The van der Waals surface area contributed by atoms with Gasteiger partial charge in [-0.3, -0.25) is 4.79 Å². The molecule has 0 saturated heterocycles. The summed E-state index contributed by atoms with van der Waals surface area (Å²) in [7, 11) is 0. The van der Waals surface area contributed by atoms with Crippen LogP contribution in [-0.2, 0) is 14.4 Å². The molecule has 0 aliphatic rings. The maximum absolute atomic E-state index is 10.6. The van der Waals surface area contributed by atoms with Crippen LogP contribution < -0.4 is 75.1 Å². The SMILES string of the molecule is CCCCCCCCCCCCCCCCCC(N)=O.O=C([O-])CCC(=O)[O-].[Na+].[Na+]. The average molecular weight is 446 g/mol. The van der Waals surface area contributed by atoms with Crippen LogP contribution in [0.5, 0.6) is 0 Å². The molecular weight excluding hydrogens is 404 g/mol. The normalized spacial score (nSPS) is 9.50. The third-order valence-corrected chi connectivity index (χ3v) is 4.56. The van der Waals surface area contributed by atoms with Crippen molar-refractivity contribution in [2.75, 3.05) is 0 Å². The second-order valence-electron chi connectivity index (χ2n) is 7.41. The van der Waals surface area contributed by atoms with E-state index in [0.29, 0.717) is 6.42 Å². The topological polar surface area (TPSA) is 123 Å². The maximum Gasteiger partial charge on any atom is 1.00 e. The molecule has 166 valence electrons. The first kappa shape index (κ1) is 37.7. The first-order valence-electron chi connectivity index (χ1n) is 11.1. The number of carbonyl (C=O) groups is 3. The van der Waals surface area contributed by atoms with E-state index in [0.717, 1.165) is 6.42 Å². The third-order valence-electron chi connectivity index (χ3n) is 4.56. The number of unbranched alkanes of at least 4 members (excludes halogenated alkanes) is 14. The zero-order chi connectivity index (χ0) is 21.5. The molecule has 1 amide bonds. The van der Waals surface area contributed by atoms with Gasteiger partial charge in [-0.2, -0.15) is 0 Å². The van der Waals surface area contributed by atoms with E-state index in [1.165, 1.54) is 89.9 Å². The Balaban J connectivity index is -0.000000288. The van der Waals surface area contributed by atoms with E-state index >= 15 is 0 Å². The Bertz CT molecular complexity index is 382. The number of hydrogen-bond acceptors (Lipinski definition) is 5. The fourth-order valence-corrected chi connectivity index (χ4v) is 2.87. The molecule has 2 N–H and O–H groups in total. The molecule has 0 aromatic carbocycles. The van der Waals surface area contributed by atoms with Crippen molar-refractivity contribution >= 4 is 17.8 Å². The van der Waals surface area contributed by atoms with E-state index in [1.54, 1.807) is 0 Å². The molecule has 0 radical (unpaired) electrons. The number of amides is 1. The van der Waals surface area contributed by atoms with Gasteiger partial charge < -0.3 is 25.5 Å². The summed E-state index contributed by atoms with van der Waals surface area (Å²) in [6, 6.07) is 0. The zero-order valence-corrected chi connectivity index (χ0v) is 23.8. The molecule has 6 nitrogen and oxygen atoms in total. The Hall–Kier alpha value is 0.410. The average Bonchev–Trinajstić information content (AvgIpc) is 2.63. The van der Waals surface area contributed by atoms with E-state index in [-0.39, 0.29) is 65.0 Å². The van der Waals surface area contributed by atoms with Gasteiger partial charge in [-0.1, -0.05) is 96.8 Å². The predicted molar refractivity (Wildman–Crippen MR) is 108 cm³/mol. The zero-order valence-electron chi connectivity index (χ0n) is 19.8. The van der Waals surface area contributed by atoms with Crippen LogP contribution in [0.2, 0.25) is 0 Å². The first-order valence-corrected chi connectivity index (χ1v) is 11.1. The van der Waals surface area contributed by atoms with Crippen molar-refractivity contribution in [3.8, 4) is 0 Å². The largest absolute Gasteiger partial charge is 1.00 e. The fourth-order valence-electron chi connectivity index (χ4n) is 2.87. The number of hydrogen-bond donors (Lipinski definition) is 1. The van der Waals surface area contributed by atoms with Gasteiger partial charge in [0.2, 0.25) is 5.91 Å². The van der Waals surface area contributed by atoms with Gasteiger partial charge in [0.1, 0.15) is 0 Å². The first-order chi connectivity index (χ1) is 13.4. The summed E-state index contributed by atoms with van der Waals surface area (Å²) < 4.78 is 0. The summed E-state index contributed by atoms with van der Waals surface area (Å²) in [6.07, 6.45) is 19.9. The van der Waals surface area contributed by atoms with E-state index < -0.39 is 24.8 Å². The molecular formula is C22H41NNa2O5. The fraction of sp³-hybridized carbons (Fsp3) is 0.864. The summed E-state index contributed by atoms with van der Waals surface area (Å²) in [4.78, 5) is 29.6. The molecule has 0 heterocycles. The minimum Gasteiger partial charge on any atom is -0.550 e. The number of primary amides is 1. The number of nitrogens with two attached hydrogens (primary N) is 1. The van der Waals surface area contributed by atoms with Crippen LogP contribution in [0.3, 0.4) is 0 Å². The Labute approximate surface area is 228 Å². The molecule has 0 bridgehead atoms. The van der Waals surface area contributed by atoms with Crippen LogP contribution in [0.25, 0.3) is 0 Å². The van der Waals surface area contributed by atoms with Crippen molar-refractivity contribution in [1.29, 1.82) is 0 Å². The minimum absolute atomic E-state index is 0. The second kappa shape index (κ2) is 31.6. The van der Waals surface area contributed by atoms with Gasteiger partial charge in [0.25, 0.3) is 0 Å². The standard InChI is InChI=1S/C18H37NO.C4H6O4.2Na/c1-2-3-4-5-6-7-8-9-10-11-12-13-14-15-16-17-18(19)20;5-3(6)1-2-4(7)8;;/h2-17H2,1H3,(H2,19,20);1-2H2,(H,5,6)(H,7,8);;/q;;2*+1/p-2. The molecule has 0 saturated carbocycles. The summed E-state index contributed by atoms with van der Waals surface area (Å²) >= 11 is 0. The predicted octanol–water partition coefficient (Wildman–Crippen LogP) is -2.99. The number of rotatable bonds is 19. The molecule has 0 unspecified atom stereocenters. The van der Waals surface area contributed by atoms with Crippen LogP contribution in [0.15, 0.2) is 0 Å². The summed E-state index contributed by atoms with van der Waals surface area (Å²) in [5.74, 6) is -2.89. The van der Waals surface area contributed by atoms with Gasteiger partial charge in [-0.05, 0) is 19.3 Å². The number of carbonyl (C=O) groups excluding carboxylic acids is 3. The molecule has 8 heteroatoms. The van der Waals surface area contributed by atoms with Gasteiger partial charge in [-0.25, -0.2) is 0 Å². The number of carboxylic acids is 2. The molecule has 0 spiro atoms. The van der Waals surface area contributed by atoms with Gasteiger partial charge in [-0.15, -0.1) is 0 Å².